The molecule has 2 N–H and O–H groups in total. The highest BCUT2D eigenvalue weighted by Crippen LogP contribution is 2.23. The number of hydrogen-bond acceptors (Lipinski definition) is 5. The van der Waals surface area contributed by atoms with Crippen LogP contribution in [-0.4, -0.2) is 44.0 Å². The Hall–Kier alpha value is -2.54. The second-order valence-electron chi connectivity index (χ2n) is 8.18. The lowest BCUT2D eigenvalue weighted by Gasteiger charge is -2.15. The van der Waals surface area contributed by atoms with Crippen molar-refractivity contribution in [3.8, 4) is 5.75 Å². The van der Waals surface area contributed by atoms with Gasteiger partial charge in [0.25, 0.3) is 0 Å². The van der Waals surface area contributed by atoms with Crippen molar-refractivity contribution in [3.05, 3.63) is 46.3 Å². The van der Waals surface area contributed by atoms with E-state index in [2.05, 4.69) is 47.8 Å². The van der Waals surface area contributed by atoms with Crippen LogP contribution in [0, 0.1) is 26.7 Å². The summed E-state index contributed by atoms with van der Waals surface area (Å²) in [5.41, 5.74) is 4.47. The molecular formula is C24H36N4O3. The third-order valence-electron chi connectivity index (χ3n) is 5.55. The number of ether oxygens (including phenoxy) is 2. The van der Waals surface area contributed by atoms with Gasteiger partial charge in [-0.25, -0.2) is 4.99 Å². The summed E-state index contributed by atoms with van der Waals surface area (Å²) in [6.45, 7) is 12.7. The number of guanidine groups is 1. The van der Waals surface area contributed by atoms with Crippen molar-refractivity contribution in [1.82, 2.24) is 15.8 Å². The molecule has 170 valence electrons. The number of aryl methyl sites for hydroxylation is 3. The van der Waals surface area contributed by atoms with E-state index in [1.807, 2.05) is 13.8 Å². The lowest BCUT2D eigenvalue weighted by molar-refractivity contribution is 0.166. The standard InChI is InChI=1S/C24H36N4O3/c1-5-25-24(26-11-6-7-22-18(3)28-31-19(22)4)27-14-21-9-8-17(2)13-23(21)30-16-20-10-12-29-15-20/h8-9,13,20H,5-7,10-12,14-16H2,1-4H3,(H2,25,26,27). The van der Waals surface area contributed by atoms with Gasteiger partial charge in [0, 0.05) is 36.7 Å². The number of aromatic nitrogens is 1. The van der Waals surface area contributed by atoms with Gasteiger partial charge in [0.1, 0.15) is 11.5 Å². The van der Waals surface area contributed by atoms with E-state index in [1.54, 1.807) is 0 Å². The smallest absolute Gasteiger partial charge is 0.191 e. The minimum absolute atomic E-state index is 0.480. The van der Waals surface area contributed by atoms with E-state index >= 15 is 0 Å². The van der Waals surface area contributed by atoms with Crippen LogP contribution in [0.3, 0.4) is 0 Å². The van der Waals surface area contributed by atoms with E-state index in [1.165, 1.54) is 11.1 Å². The summed E-state index contributed by atoms with van der Waals surface area (Å²) in [6, 6.07) is 6.32. The molecule has 1 atom stereocenters. The van der Waals surface area contributed by atoms with E-state index in [4.69, 9.17) is 19.0 Å². The summed E-state index contributed by atoms with van der Waals surface area (Å²) in [5, 5.41) is 10.8. The molecule has 0 bridgehead atoms. The molecule has 2 heterocycles. The Bertz CT molecular complexity index is 837. The van der Waals surface area contributed by atoms with Crippen LogP contribution in [0.2, 0.25) is 0 Å². The average Bonchev–Trinajstić information content (AvgIpc) is 3.39. The molecule has 0 radical (unpaired) electrons. The van der Waals surface area contributed by atoms with Gasteiger partial charge in [-0.05, 0) is 58.6 Å². The van der Waals surface area contributed by atoms with Gasteiger partial charge in [0.2, 0.25) is 0 Å². The molecule has 1 fully saturated rings. The summed E-state index contributed by atoms with van der Waals surface area (Å²) in [4.78, 5) is 4.78. The summed E-state index contributed by atoms with van der Waals surface area (Å²) in [5.74, 6) is 3.13. The SMILES string of the molecule is CCNC(=NCc1ccc(C)cc1OCC1CCOC1)NCCCc1c(C)noc1C. The van der Waals surface area contributed by atoms with E-state index in [9.17, 15) is 0 Å². The first kappa shape index (κ1) is 23.1. The van der Waals surface area contributed by atoms with Gasteiger partial charge in [-0.15, -0.1) is 0 Å². The molecule has 7 nitrogen and oxygen atoms in total. The molecule has 1 unspecified atom stereocenters. The number of aliphatic imine (C=N–C) groups is 1. The molecular weight excluding hydrogens is 392 g/mol. The summed E-state index contributed by atoms with van der Waals surface area (Å²) >= 11 is 0. The first-order valence-corrected chi connectivity index (χ1v) is 11.3. The Morgan fingerprint density at radius 2 is 2.13 bits per heavy atom. The van der Waals surface area contributed by atoms with Crippen molar-refractivity contribution in [2.75, 3.05) is 32.9 Å². The van der Waals surface area contributed by atoms with Crippen molar-refractivity contribution < 1.29 is 14.0 Å². The van der Waals surface area contributed by atoms with Gasteiger partial charge < -0.3 is 24.6 Å². The number of rotatable bonds is 10. The highest BCUT2D eigenvalue weighted by atomic mass is 16.5. The van der Waals surface area contributed by atoms with Crippen LogP contribution in [0.1, 0.15) is 47.9 Å². The third-order valence-corrected chi connectivity index (χ3v) is 5.55. The van der Waals surface area contributed by atoms with E-state index in [-0.39, 0.29) is 0 Å². The lowest BCUT2D eigenvalue weighted by Crippen LogP contribution is -2.37. The van der Waals surface area contributed by atoms with Crippen molar-refractivity contribution in [2.24, 2.45) is 10.9 Å². The quantitative estimate of drug-likeness (QED) is 0.341. The maximum Gasteiger partial charge on any atom is 0.191 e. The van der Waals surface area contributed by atoms with Crippen molar-refractivity contribution in [1.29, 1.82) is 0 Å². The summed E-state index contributed by atoms with van der Waals surface area (Å²) in [7, 11) is 0. The molecule has 1 aromatic heterocycles. The molecule has 31 heavy (non-hydrogen) atoms. The van der Waals surface area contributed by atoms with Gasteiger partial charge in [0.05, 0.1) is 25.5 Å². The van der Waals surface area contributed by atoms with Crippen LogP contribution in [0.25, 0.3) is 0 Å². The fraction of sp³-hybridized carbons (Fsp3) is 0.583. The fourth-order valence-electron chi connectivity index (χ4n) is 3.69. The average molecular weight is 429 g/mol. The Morgan fingerprint density at radius 1 is 1.26 bits per heavy atom. The predicted octanol–water partition coefficient (Wildman–Crippen LogP) is 3.70. The van der Waals surface area contributed by atoms with Gasteiger partial charge in [0.15, 0.2) is 5.96 Å². The molecule has 2 aromatic rings. The zero-order chi connectivity index (χ0) is 22.1. The molecule has 1 aliphatic heterocycles. The maximum atomic E-state index is 6.15. The normalized spacial score (nSPS) is 16.5. The van der Waals surface area contributed by atoms with Crippen molar-refractivity contribution in [2.45, 2.75) is 53.5 Å². The zero-order valence-electron chi connectivity index (χ0n) is 19.3. The number of benzene rings is 1. The molecule has 0 saturated carbocycles. The first-order chi connectivity index (χ1) is 15.1. The largest absolute Gasteiger partial charge is 0.493 e. The fourth-order valence-corrected chi connectivity index (χ4v) is 3.69. The predicted molar refractivity (Wildman–Crippen MR) is 123 cm³/mol. The van der Waals surface area contributed by atoms with Gasteiger partial charge in [-0.2, -0.15) is 0 Å². The zero-order valence-corrected chi connectivity index (χ0v) is 19.3. The van der Waals surface area contributed by atoms with Crippen molar-refractivity contribution >= 4 is 5.96 Å². The van der Waals surface area contributed by atoms with Crippen molar-refractivity contribution in [3.63, 3.8) is 0 Å². The summed E-state index contributed by atoms with van der Waals surface area (Å²) in [6.07, 6.45) is 2.99. The van der Waals surface area contributed by atoms with Gasteiger partial charge in [-0.1, -0.05) is 17.3 Å². The minimum atomic E-state index is 0.480. The van der Waals surface area contributed by atoms with E-state index in [0.29, 0.717) is 19.1 Å². The molecule has 1 saturated heterocycles. The van der Waals surface area contributed by atoms with Crippen LogP contribution in [-0.2, 0) is 17.7 Å². The molecule has 1 aliphatic rings. The highest BCUT2D eigenvalue weighted by molar-refractivity contribution is 5.79. The second kappa shape index (κ2) is 11.7. The monoisotopic (exact) mass is 428 g/mol. The Kier molecular flexibility index (Phi) is 8.76. The van der Waals surface area contributed by atoms with Gasteiger partial charge >= 0.3 is 0 Å². The Morgan fingerprint density at radius 3 is 2.84 bits per heavy atom. The second-order valence-corrected chi connectivity index (χ2v) is 8.18. The Balaban J connectivity index is 1.55. The van der Waals surface area contributed by atoms with E-state index in [0.717, 1.165) is 74.3 Å². The van der Waals surface area contributed by atoms with Crippen LogP contribution >= 0.6 is 0 Å². The number of nitrogens with zero attached hydrogens (tertiary/aromatic N) is 2. The van der Waals surface area contributed by atoms with Crippen LogP contribution in [0.4, 0.5) is 0 Å². The molecule has 3 rings (SSSR count). The van der Waals surface area contributed by atoms with Crippen LogP contribution in [0.15, 0.2) is 27.7 Å². The molecule has 0 spiro atoms. The Labute approximate surface area is 185 Å². The van der Waals surface area contributed by atoms with Crippen LogP contribution < -0.4 is 15.4 Å². The van der Waals surface area contributed by atoms with E-state index < -0.39 is 0 Å². The first-order valence-electron chi connectivity index (χ1n) is 11.3. The molecule has 0 aliphatic carbocycles. The van der Waals surface area contributed by atoms with Crippen LogP contribution in [0.5, 0.6) is 5.75 Å². The highest BCUT2D eigenvalue weighted by Gasteiger charge is 2.17. The van der Waals surface area contributed by atoms with Gasteiger partial charge in [-0.3, -0.25) is 0 Å². The number of nitrogens with one attached hydrogen (secondary N) is 2. The third kappa shape index (κ3) is 6.99. The molecule has 0 amide bonds. The maximum absolute atomic E-state index is 6.15. The molecule has 1 aromatic carbocycles. The number of hydrogen-bond donors (Lipinski definition) is 2. The minimum Gasteiger partial charge on any atom is -0.493 e. The topological polar surface area (TPSA) is 80.9 Å². The molecule has 7 heteroatoms. The lowest BCUT2D eigenvalue weighted by atomic mass is 10.1. The summed E-state index contributed by atoms with van der Waals surface area (Å²) < 4.78 is 16.9.